The van der Waals surface area contributed by atoms with Crippen molar-refractivity contribution in [2.45, 2.75) is 37.1 Å². The summed E-state index contributed by atoms with van der Waals surface area (Å²) in [5, 5.41) is 5.89. The highest BCUT2D eigenvalue weighted by molar-refractivity contribution is 7.90. The lowest BCUT2D eigenvalue weighted by Gasteiger charge is -2.33. The number of piperidine rings is 1. The van der Waals surface area contributed by atoms with Crippen molar-refractivity contribution in [2.75, 3.05) is 36.1 Å². The molecule has 2 aromatic rings. The molecule has 2 heterocycles. The number of nitrogens with zero attached hydrogens (tertiary/aromatic N) is 2. The van der Waals surface area contributed by atoms with Crippen LogP contribution in [0, 0.1) is 0 Å². The van der Waals surface area contributed by atoms with Crippen molar-refractivity contribution in [1.82, 2.24) is 10.2 Å². The zero-order chi connectivity index (χ0) is 24.5. The number of benzene rings is 2. The number of rotatable bonds is 4. The lowest BCUT2D eigenvalue weighted by molar-refractivity contribution is 0.101. The fourth-order valence-corrected chi connectivity index (χ4v) is 4.96. The van der Waals surface area contributed by atoms with Crippen LogP contribution in [0.15, 0.2) is 47.4 Å². The van der Waals surface area contributed by atoms with Crippen LogP contribution in [-0.2, 0) is 16.3 Å². The second-order valence-electron chi connectivity index (χ2n) is 8.74. The molecular weight excluding hydrogens is 456 g/mol. The Balaban J connectivity index is 1.29. The molecule has 9 nitrogen and oxygen atoms in total. The highest BCUT2D eigenvalue weighted by Crippen LogP contribution is 2.30. The minimum Gasteiger partial charge on any atom is -0.335 e. The number of Topliss-reactive ketones (excluding diaryl/α,β-unsaturated/α-hetero) is 1. The highest BCUT2D eigenvalue weighted by Gasteiger charge is 2.29. The molecule has 2 aliphatic rings. The summed E-state index contributed by atoms with van der Waals surface area (Å²) in [7, 11) is -3.29. The van der Waals surface area contributed by atoms with Gasteiger partial charge < -0.3 is 15.5 Å². The Labute approximate surface area is 199 Å². The van der Waals surface area contributed by atoms with E-state index in [-0.39, 0.29) is 28.8 Å². The third-order valence-corrected chi connectivity index (χ3v) is 7.38. The molecule has 180 valence electrons. The summed E-state index contributed by atoms with van der Waals surface area (Å²) < 4.78 is 23.6. The van der Waals surface area contributed by atoms with Gasteiger partial charge in [-0.15, -0.1) is 0 Å². The van der Waals surface area contributed by atoms with E-state index < -0.39 is 9.84 Å². The molecule has 0 radical (unpaired) electrons. The summed E-state index contributed by atoms with van der Waals surface area (Å²) in [6.45, 7) is 3.01. The molecule has 0 bridgehead atoms. The van der Waals surface area contributed by atoms with E-state index in [2.05, 4.69) is 10.6 Å². The smallest absolute Gasteiger partial charge is 0.322 e. The van der Waals surface area contributed by atoms with Crippen LogP contribution >= 0.6 is 0 Å². The van der Waals surface area contributed by atoms with Gasteiger partial charge in [0, 0.05) is 48.9 Å². The topological polar surface area (TPSA) is 116 Å². The van der Waals surface area contributed by atoms with Gasteiger partial charge in [0.25, 0.3) is 0 Å². The SMILES string of the molecule is CC(=O)c1ccc(NC(=O)N2CCC(NC(=O)N3CCc4cc(S(C)(=O)=O)ccc43)CC2)cc1. The maximum absolute atomic E-state index is 12.9. The van der Waals surface area contributed by atoms with Gasteiger partial charge in [0.05, 0.1) is 4.90 Å². The number of likely N-dealkylation sites (tertiary alicyclic amines) is 1. The predicted octanol–water partition coefficient (Wildman–Crippen LogP) is 3.06. The predicted molar refractivity (Wildman–Crippen MR) is 129 cm³/mol. The zero-order valence-electron chi connectivity index (χ0n) is 19.2. The maximum atomic E-state index is 12.9. The highest BCUT2D eigenvalue weighted by atomic mass is 32.2. The number of nitrogens with one attached hydrogen (secondary N) is 2. The van der Waals surface area contributed by atoms with Gasteiger partial charge in [0.1, 0.15) is 0 Å². The van der Waals surface area contributed by atoms with Crippen molar-refractivity contribution in [1.29, 1.82) is 0 Å². The number of ketones is 1. The lowest BCUT2D eigenvalue weighted by atomic mass is 10.1. The number of fused-ring (bicyclic) bond motifs is 1. The van der Waals surface area contributed by atoms with Crippen molar-refractivity contribution < 1.29 is 22.8 Å². The quantitative estimate of drug-likeness (QED) is 0.647. The van der Waals surface area contributed by atoms with Gasteiger partial charge >= 0.3 is 12.1 Å². The molecule has 1 fully saturated rings. The van der Waals surface area contributed by atoms with Crippen molar-refractivity contribution in [3.05, 3.63) is 53.6 Å². The number of amides is 4. The Bertz CT molecular complexity index is 1220. The van der Waals surface area contributed by atoms with Gasteiger partial charge in [-0.2, -0.15) is 0 Å². The van der Waals surface area contributed by atoms with Crippen LogP contribution in [0.25, 0.3) is 0 Å². The van der Waals surface area contributed by atoms with Gasteiger partial charge in [-0.05, 0) is 74.2 Å². The van der Waals surface area contributed by atoms with Crippen molar-refractivity contribution in [3.8, 4) is 0 Å². The van der Waals surface area contributed by atoms with Crippen LogP contribution in [0.1, 0.15) is 35.7 Å². The molecule has 0 atom stereocenters. The van der Waals surface area contributed by atoms with Gasteiger partial charge in [-0.1, -0.05) is 0 Å². The molecule has 4 amide bonds. The maximum Gasteiger partial charge on any atom is 0.322 e. The molecule has 10 heteroatoms. The summed E-state index contributed by atoms with van der Waals surface area (Å²) in [4.78, 5) is 40.4. The average molecular weight is 485 g/mol. The first kappa shape index (κ1) is 23.7. The Kier molecular flexibility index (Phi) is 6.60. The second-order valence-corrected chi connectivity index (χ2v) is 10.8. The van der Waals surface area contributed by atoms with E-state index in [1.54, 1.807) is 46.2 Å². The molecule has 2 N–H and O–H groups in total. The first-order valence-electron chi connectivity index (χ1n) is 11.2. The van der Waals surface area contributed by atoms with Gasteiger partial charge in [-0.25, -0.2) is 18.0 Å². The van der Waals surface area contributed by atoms with E-state index in [1.807, 2.05) is 0 Å². The number of urea groups is 2. The minimum absolute atomic E-state index is 0.0296. The molecule has 2 aromatic carbocycles. The molecule has 0 aromatic heterocycles. The molecule has 34 heavy (non-hydrogen) atoms. The number of hydrogen-bond donors (Lipinski definition) is 2. The molecule has 4 rings (SSSR count). The number of anilines is 2. The average Bonchev–Trinajstić information content (AvgIpc) is 3.23. The van der Waals surface area contributed by atoms with Crippen LogP contribution in [0.2, 0.25) is 0 Å². The van der Waals surface area contributed by atoms with Crippen LogP contribution < -0.4 is 15.5 Å². The first-order valence-corrected chi connectivity index (χ1v) is 13.1. The number of sulfone groups is 1. The molecule has 1 saturated heterocycles. The summed E-state index contributed by atoms with van der Waals surface area (Å²) in [5.41, 5.74) is 2.79. The summed E-state index contributed by atoms with van der Waals surface area (Å²) in [5.74, 6) is -0.0296. The van der Waals surface area contributed by atoms with Crippen LogP contribution in [-0.4, -0.2) is 63.1 Å². The van der Waals surface area contributed by atoms with E-state index in [0.29, 0.717) is 50.1 Å². The van der Waals surface area contributed by atoms with E-state index in [0.717, 1.165) is 11.3 Å². The number of carbonyl (C=O) groups is 3. The van der Waals surface area contributed by atoms with Crippen LogP contribution in [0.3, 0.4) is 0 Å². The van der Waals surface area contributed by atoms with E-state index in [9.17, 15) is 22.8 Å². The molecule has 0 saturated carbocycles. The molecular formula is C24H28N4O5S. The first-order chi connectivity index (χ1) is 16.1. The Hall–Kier alpha value is -3.40. The summed E-state index contributed by atoms with van der Waals surface area (Å²) >= 11 is 0. The molecule has 0 aliphatic carbocycles. The Morgan fingerprint density at radius 2 is 1.62 bits per heavy atom. The lowest BCUT2D eigenvalue weighted by Crippen LogP contribution is -2.50. The largest absolute Gasteiger partial charge is 0.335 e. The fraction of sp³-hybridized carbons (Fsp3) is 0.375. The minimum atomic E-state index is -3.29. The van der Waals surface area contributed by atoms with Gasteiger partial charge in [-0.3, -0.25) is 9.69 Å². The summed E-state index contributed by atoms with van der Waals surface area (Å²) in [6, 6.07) is 11.2. The molecule has 2 aliphatic heterocycles. The van der Waals surface area contributed by atoms with Crippen molar-refractivity contribution in [2.24, 2.45) is 0 Å². The molecule has 0 unspecified atom stereocenters. The van der Waals surface area contributed by atoms with Gasteiger partial charge in [0.2, 0.25) is 0 Å². The monoisotopic (exact) mass is 484 g/mol. The fourth-order valence-electron chi connectivity index (χ4n) is 4.29. The van der Waals surface area contributed by atoms with E-state index >= 15 is 0 Å². The zero-order valence-corrected chi connectivity index (χ0v) is 20.0. The van der Waals surface area contributed by atoms with Gasteiger partial charge in [0.15, 0.2) is 15.6 Å². The van der Waals surface area contributed by atoms with E-state index in [4.69, 9.17) is 0 Å². The normalized spacial score (nSPS) is 16.2. The van der Waals surface area contributed by atoms with Crippen molar-refractivity contribution in [3.63, 3.8) is 0 Å². The van der Waals surface area contributed by atoms with E-state index in [1.165, 1.54) is 19.2 Å². The Morgan fingerprint density at radius 3 is 2.24 bits per heavy atom. The second kappa shape index (κ2) is 9.46. The number of hydrogen-bond acceptors (Lipinski definition) is 5. The number of carbonyl (C=O) groups excluding carboxylic acids is 3. The molecule has 0 spiro atoms. The van der Waals surface area contributed by atoms with Crippen molar-refractivity contribution >= 4 is 39.1 Å². The third-order valence-electron chi connectivity index (χ3n) is 6.27. The van der Waals surface area contributed by atoms with Crippen LogP contribution in [0.5, 0.6) is 0 Å². The summed E-state index contributed by atoms with van der Waals surface area (Å²) in [6.07, 6.45) is 3.05. The Morgan fingerprint density at radius 1 is 0.941 bits per heavy atom. The van der Waals surface area contributed by atoms with Crippen LogP contribution in [0.4, 0.5) is 21.0 Å². The third kappa shape index (κ3) is 5.22. The standard InChI is InChI=1S/C24H28N4O5S/c1-16(29)17-3-5-19(6-4-17)25-23(30)27-12-10-20(11-13-27)26-24(31)28-14-9-18-15-21(34(2,32)33)7-8-22(18)28/h3-8,15,20H,9-14H2,1-2H3,(H,25,30)(H,26,31).